The Bertz CT molecular complexity index is 756. The maximum absolute atomic E-state index is 12.9. The van der Waals surface area contributed by atoms with Crippen LogP contribution >= 0.6 is 0 Å². The first kappa shape index (κ1) is 23.3. The van der Waals surface area contributed by atoms with Crippen LogP contribution in [-0.4, -0.2) is 73.4 Å². The Balaban J connectivity index is 1.49. The summed E-state index contributed by atoms with van der Waals surface area (Å²) in [6, 6.07) is 7.27. The van der Waals surface area contributed by atoms with Gasteiger partial charge in [0.25, 0.3) is 5.91 Å². The molecule has 0 N–H and O–H groups in total. The molecule has 7 heteroatoms. The number of hydrogen-bond acceptors (Lipinski definition) is 5. The van der Waals surface area contributed by atoms with E-state index in [1.165, 1.54) is 0 Å². The number of carbonyl (C=O) groups is 3. The van der Waals surface area contributed by atoms with Crippen molar-refractivity contribution < 1.29 is 23.9 Å². The summed E-state index contributed by atoms with van der Waals surface area (Å²) in [5, 5.41) is 0. The molecule has 2 fully saturated rings. The number of methoxy groups -OCH3 is 1. The Morgan fingerprint density at radius 2 is 1.71 bits per heavy atom. The predicted molar refractivity (Wildman–Crippen MR) is 117 cm³/mol. The lowest BCUT2D eigenvalue weighted by Gasteiger charge is -2.32. The Hall–Kier alpha value is -2.41. The Morgan fingerprint density at radius 1 is 1.00 bits per heavy atom. The third-order valence-corrected chi connectivity index (χ3v) is 6.23. The highest BCUT2D eigenvalue weighted by Gasteiger charge is 2.28. The summed E-state index contributed by atoms with van der Waals surface area (Å²) in [4.78, 5) is 40.6. The van der Waals surface area contributed by atoms with E-state index in [0.29, 0.717) is 51.2 Å². The molecule has 2 saturated heterocycles. The van der Waals surface area contributed by atoms with Crippen LogP contribution in [-0.2, 0) is 14.3 Å². The lowest BCUT2D eigenvalue weighted by atomic mass is 9.92. The van der Waals surface area contributed by atoms with E-state index >= 15 is 0 Å². The average molecular weight is 431 g/mol. The molecular weight excluding hydrogens is 396 g/mol. The summed E-state index contributed by atoms with van der Waals surface area (Å²) < 4.78 is 11.1. The first-order chi connectivity index (χ1) is 15.0. The average Bonchev–Trinajstić information content (AvgIpc) is 2.82. The van der Waals surface area contributed by atoms with Crippen LogP contribution in [0.5, 0.6) is 5.75 Å². The molecule has 0 aromatic heterocycles. The molecular formula is C24H34N2O5. The van der Waals surface area contributed by atoms with Gasteiger partial charge < -0.3 is 19.3 Å². The number of amides is 2. The van der Waals surface area contributed by atoms with Crippen LogP contribution in [0.3, 0.4) is 0 Å². The zero-order valence-corrected chi connectivity index (χ0v) is 18.7. The normalized spacial score (nSPS) is 19.9. The molecule has 1 aromatic carbocycles. The highest BCUT2D eigenvalue weighted by molar-refractivity contribution is 5.95. The number of nitrogens with zero attached hydrogens (tertiary/aromatic N) is 2. The van der Waals surface area contributed by atoms with Gasteiger partial charge in [-0.1, -0.05) is 6.92 Å². The maximum Gasteiger partial charge on any atom is 0.253 e. The molecule has 7 nitrogen and oxygen atoms in total. The van der Waals surface area contributed by atoms with Crippen LogP contribution in [0.25, 0.3) is 0 Å². The van der Waals surface area contributed by atoms with E-state index < -0.39 is 0 Å². The maximum atomic E-state index is 12.9. The van der Waals surface area contributed by atoms with Gasteiger partial charge in [-0.25, -0.2) is 0 Å². The SMILES string of the molecule is CCC(=O)[C@@H]1CCCN(C(=O)c2ccc(OC3CCN(C(=O)CCOC)CC3)cc2)C1. The monoisotopic (exact) mass is 430 g/mol. The summed E-state index contributed by atoms with van der Waals surface area (Å²) in [6.07, 6.45) is 4.34. The number of Topliss-reactive ketones (excluding diaryl/α,β-unsaturated/α-hetero) is 1. The van der Waals surface area contributed by atoms with Crippen LogP contribution in [0.1, 0.15) is 55.8 Å². The minimum Gasteiger partial charge on any atom is -0.490 e. The van der Waals surface area contributed by atoms with E-state index in [1.807, 2.05) is 24.0 Å². The van der Waals surface area contributed by atoms with Crippen LogP contribution < -0.4 is 4.74 Å². The van der Waals surface area contributed by atoms with E-state index in [9.17, 15) is 14.4 Å². The molecule has 170 valence electrons. The number of ether oxygens (including phenoxy) is 2. The van der Waals surface area contributed by atoms with Crippen LogP contribution in [0, 0.1) is 5.92 Å². The number of carbonyl (C=O) groups excluding carboxylic acids is 3. The lowest BCUT2D eigenvalue weighted by Crippen LogP contribution is -2.42. The third-order valence-electron chi connectivity index (χ3n) is 6.23. The minimum atomic E-state index is -0.0300. The molecule has 2 amide bonds. The van der Waals surface area contributed by atoms with Crippen molar-refractivity contribution in [2.45, 2.75) is 51.6 Å². The van der Waals surface area contributed by atoms with Gasteiger partial charge in [0.15, 0.2) is 0 Å². The van der Waals surface area contributed by atoms with Crippen molar-refractivity contribution >= 4 is 17.6 Å². The standard InChI is InChI=1S/C24H34N2O5/c1-3-22(27)19-5-4-13-26(17-19)24(29)18-6-8-20(9-7-18)31-21-10-14-25(15-11-21)23(28)12-16-30-2/h6-9,19,21H,3-5,10-17H2,1-2H3/t19-/m1/s1. The third kappa shape index (κ3) is 6.29. The van der Waals surface area contributed by atoms with Gasteiger partial charge in [-0.05, 0) is 37.1 Å². The number of likely N-dealkylation sites (tertiary alicyclic amines) is 2. The Morgan fingerprint density at radius 3 is 2.35 bits per heavy atom. The molecule has 2 aliphatic rings. The molecule has 0 aliphatic carbocycles. The summed E-state index contributed by atoms with van der Waals surface area (Å²) in [6.45, 7) is 4.93. The first-order valence-electron chi connectivity index (χ1n) is 11.4. The summed E-state index contributed by atoms with van der Waals surface area (Å²) in [5.41, 5.74) is 0.621. The molecule has 0 saturated carbocycles. The Kier molecular flexibility index (Phi) is 8.46. The van der Waals surface area contributed by atoms with Crippen molar-refractivity contribution in [1.82, 2.24) is 9.80 Å². The van der Waals surface area contributed by atoms with Gasteiger partial charge >= 0.3 is 0 Å². The predicted octanol–water partition coefficient (Wildman–Crippen LogP) is 2.92. The van der Waals surface area contributed by atoms with Crippen molar-refractivity contribution in [2.75, 3.05) is 39.9 Å². The van der Waals surface area contributed by atoms with Gasteiger partial charge in [0.2, 0.25) is 5.91 Å². The zero-order valence-electron chi connectivity index (χ0n) is 18.7. The van der Waals surface area contributed by atoms with Crippen LogP contribution in [0.15, 0.2) is 24.3 Å². The highest BCUT2D eigenvalue weighted by Crippen LogP contribution is 2.23. The quantitative estimate of drug-likeness (QED) is 0.634. The largest absolute Gasteiger partial charge is 0.490 e. The van der Waals surface area contributed by atoms with Crippen molar-refractivity contribution in [3.05, 3.63) is 29.8 Å². The van der Waals surface area contributed by atoms with Gasteiger partial charge in [0, 0.05) is 64.0 Å². The van der Waals surface area contributed by atoms with Gasteiger partial charge in [-0.15, -0.1) is 0 Å². The molecule has 0 unspecified atom stereocenters. The van der Waals surface area contributed by atoms with Crippen LogP contribution in [0.4, 0.5) is 0 Å². The van der Waals surface area contributed by atoms with Crippen molar-refractivity contribution in [3.63, 3.8) is 0 Å². The second-order valence-corrected chi connectivity index (χ2v) is 8.38. The number of rotatable bonds is 8. The fourth-order valence-electron chi connectivity index (χ4n) is 4.33. The lowest BCUT2D eigenvalue weighted by molar-refractivity contribution is -0.134. The summed E-state index contributed by atoms with van der Waals surface area (Å²) in [5.74, 6) is 1.05. The minimum absolute atomic E-state index is 0.0250. The van der Waals surface area contributed by atoms with E-state index in [4.69, 9.17) is 9.47 Å². The van der Waals surface area contributed by atoms with Crippen LogP contribution in [0.2, 0.25) is 0 Å². The fraction of sp³-hybridized carbons (Fsp3) is 0.625. The number of piperidine rings is 2. The smallest absolute Gasteiger partial charge is 0.253 e. The van der Waals surface area contributed by atoms with Gasteiger partial charge in [0.1, 0.15) is 17.6 Å². The Labute approximate surface area is 184 Å². The summed E-state index contributed by atoms with van der Waals surface area (Å²) >= 11 is 0. The number of benzene rings is 1. The van der Waals surface area contributed by atoms with Crippen molar-refractivity contribution in [2.24, 2.45) is 5.92 Å². The van der Waals surface area contributed by atoms with Gasteiger partial charge in [-0.2, -0.15) is 0 Å². The molecule has 0 bridgehead atoms. The molecule has 0 radical (unpaired) electrons. The molecule has 2 heterocycles. The molecule has 1 atom stereocenters. The van der Waals surface area contributed by atoms with E-state index in [-0.39, 0.29) is 29.6 Å². The van der Waals surface area contributed by atoms with Gasteiger partial charge in [0.05, 0.1) is 13.0 Å². The van der Waals surface area contributed by atoms with Crippen molar-refractivity contribution in [1.29, 1.82) is 0 Å². The molecule has 2 aliphatic heterocycles. The second kappa shape index (κ2) is 11.3. The summed E-state index contributed by atoms with van der Waals surface area (Å²) in [7, 11) is 1.60. The second-order valence-electron chi connectivity index (χ2n) is 8.38. The molecule has 1 aromatic rings. The topological polar surface area (TPSA) is 76.2 Å². The molecule has 0 spiro atoms. The van der Waals surface area contributed by atoms with Crippen molar-refractivity contribution in [3.8, 4) is 5.75 Å². The highest BCUT2D eigenvalue weighted by atomic mass is 16.5. The van der Waals surface area contributed by atoms with E-state index in [0.717, 1.165) is 31.4 Å². The number of ketones is 1. The van der Waals surface area contributed by atoms with E-state index in [1.54, 1.807) is 24.1 Å². The molecule has 31 heavy (non-hydrogen) atoms. The zero-order chi connectivity index (χ0) is 22.2. The van der Waals surface area contributed by atoms with Gasteiger partial charge in [-0.3, -0.25) is 14.4 Å². The fourth-order valence-corrected chi connectivity index (χ4v) is 4.33. The molecule has 3 rings (SSSR count). The van der Waals surface area contributed by atoms with E-state index in [2.05, 4.69) is 0 Å². The first-order valence-corrected chi connectivity index (χ1v) is 11.4. The number of hydrogen-bond donors (Lipinski definition) is 0.